The topological polar surface area (TPSA) is 43.4 Å². The molecule has 4 rings (SSSR count). The molecule has 0 aromatic rings. The zero-order valence-corrected chi connectivity index (χ0v) is 16.8. The number of hydrogen-bond donors (Lipinski definition) is 0. The molecule has 2 fully saturated rings. The van der Waals surface area contributed by atoms with Crippen LogP contribution in [-0.4, -0.2) is 17.9 Å². The first-order valence-electron chi connectivity index (χ1n) is 10.2. The first-order valence-corrected chi connectivity index (χ1v) is 10.2. The summed E-state index contributed by atoms with van der Waals surface area (Å²) in [5, 5.41) is 0. The highest BCUT2D eigenvalue weighted by Crippen LogP contribution is 2.65. The van der Waals surface area contributed by atoms with Gasteiger partial charge >= 0.3 is 5.97 Å². The van der Waals surface area contributed by atoms with Gasteiger partial charge in [-0.1, -0.05) is 31.6 Å². The molecule has 2 saturated carbocycles. The van der Waals surface area contributed by atoms with Crippen molar-refractivity contribution in [3.63, 3.8) is 0 Å². The quantitative estimate of drug-likeness (QED) is 0.498. The van der Waals surface area contributed by atoms with Crippen molar-refractivity contribution in [1.29, 1.82) is 0 Å². The van der Waals surface area contributed by atoms with E-state index in [2.05, 4.69) is 39.8 Å². The predicted octanol–water partition coefficient (Wildman–Crippen LogP) is 4.86. The van der Waals surface area contributed by atoms with Crippen LogP contribution in [0.25, 0.3) is 0 Å². The van der Waals surface area contributed by atoms with Gasteiger partial charge in [-0.25, -0.2) is 0 Å². The van der Waals surface area contributed by atoms with Crippen LogP contribution in [0, 0.1) is 34.0 Å². The molecule has 6 atom stereocenters. The zero-order valence-electron chi connectivity index (χ0n) is 16.8. The Bertz CT molecular complexity index is 715. The van der Waals surface area contributed by atoms with Crippen molar-refractivity contribution >= 4 is 11.8 Å². The Kier molecular flexibility index (Phi) is 3.85. The van der Waals surface area contributed by atoms with Crippen molar-refractivity contribution in [2.24, 2.45) is 34.0 Å². The second-order valence-electron chi connectivity index (χ2n) is 10.1. The van der Waals surface area contributed by atoms with E-state index in [1.54, 1.807) is 0 Å². The fourth-order valence-electron chi connectivity index (χ4n) is 7.11. The van der Waals surface area contributed by atoms with Gasteiger partial charge in [0.15, 0.2) is 5.78 Å². The third-order valence-electron chi connectivity index (χ3n) is 8.47. The molecule has 0 aromatic heterocycles. The van der Waals surface area contributed by atoms with Crippen LogP contribution in [0.2, 0.25) is 0 Å². The van der Waals surface area contributed by atoms with E-state index in [0.717, 1.165) is 32.1 Å². The van der Waals surface area contributed by atoms with Crippen LogP contribution in [-0.2, 0) is 14.3 Å². The molecule has 0 radical (unpaired) electrons. The van der Waals surface area contributed by atoms with Crippen LogP contribution < -0.4 is 0 Å². The van der Waals surface area contributed by atoms with Gasteiger partial charge < -0.3 is 4.74 Å². The van der Waals surface area contributed by atoms with Crippen molar-refractivity contribution in [2.75, 3.05) is 0 Å². The second kappa shape index (κ2) is 5.56. The minimum Gasteiger partial charge on any atom is -0.462 e. The van der Waals surface area contributed by atoms with E-state index < -0.39 is 0 Å². The summed E-state index contributed by atoms with van der Waals surface area (Å²) in [6.45, 7) is 10.4. The van der Waals surface area contributed by atoms with Gasteiger partial charge in [-0.15, -0.1) is 0 Å². The van der Waals surface area contributed by atoms with Crippen LogP contribution in [0.5, 0.6) is 0 Å². The minimum absolute atomic E-state index is 0.0127. The maximum Gasteiger partial charge on any atom is 0.302 e. The highest BCUT2D eigenvalue weighted by molar-refractivity contribution is 5.98. The molecule has 142 valence electrons. The first kappa shape index (κ1) is 18.0. The summed E-state index contributed by atoms with van der Waals surface area (Å²) < 4.78 is 5.73. The van der Waals surface area contributed by atoms with E-state index in [-0.39, 0.29) is 34.1 Å². The van der Waals surface area contributed by atoms with Gasteiger partial charge in [0.05, 0.1) is 0 Å². The monoisotopic (exact) mass is 356 g/mol. The lowest BCUT2D eigenvalue weighted by Gasteiger charge is -2.58. The number of hydrogen-bond acceptors (Lipinski definition) is 3. The average Bonchev–Trinajstić information content (AvgIpc) is 2.88. The molecule has 0 bridgehead atoms. The third-order valence-corrected chi connectivity index (χ3v) is 8.47. The number of fused-ring (bicyclic) bond motifs is 5. The average molecular weight is 357 g/mol. The molecular formula is C23H32O3. The van der Waals surface area contributed by atoms with E-state index >= 15 is 0 Å². The van der Waals surface area contributed by atoms with Gasteiger partial charge in [0.2, 0.25) is 0 Å². The van der Waals surface area contributed by atoms with E-state index in [0.29, 0.717) is 17.8 Å². The van der Waals surface area contributed by atoms with E-state index in [9.17, 15) is 9.59 Å². The lowest BCUT2D eigenvalue weighted by Crippen LogP contribution is -2.52. The Morgan fingerprint density at radius 2 is 1.85 bits per heavy atom. The Morgan fingerprint density at radius 3 is 2.54 bits per heavy atom. The highest BCUT2D eigenvalue weighted by atomic mass is 16.5. The molecule has 3 nitrogen and oxygen atoms in total. The molecule has 3 heteroatoms. The van der Waals surface area contributed by atoms with Crippen molar-refractivity contribution in [3.05, 3.63) is 23.8 Å². The summed E-state index contributed by atoms with van der Waals surface area (Å²) in [7, 11) is 0. The summed E-state index contributed by atoms with van der Waals surface area (Å²) in [4.78, 5) is 24.0. The molecule has 0 heterocycles. The summed E-state index contributed by atoms with van der Waals surface area (Å²) >= 11 is 0. The normalized spacial score (nSPS) is 46.0. The number of esters is 1. The first-order chi connectivity index (χ1) is 12.1. The fourth-order valence-corrected chi connectivity index (χ4v) is 7.11. The number of carbonyl (C=O) groups excluding carboxylic acids is 2. The number of rotatable bonds is 1. The lowest BCUT2D eigenvalue weighted by molar-refractivity contribution is -0.156. The van der Waals surface area contributed by atoms with Crippen LogP contribution in [0.4, 0.5) is 0 Å². The molecule has 0 amide bonds. The smallest absolute Gasteiger partial charge is 0.302 e. The van der Waals surface area contributed by atoms with Crippen LogP contribution in [0.15, 0.2) is 23.8 Å². The third kappa shape index (κ3) is 2.25. The predicted molar refractivity (Wildman–Crippen MR) is 101 cm³/mol. The molecule has 0 saturated heterocycles. The molecule has 0 aliphatic heterocycles. The van der Waals surface area contributed by atoms with Gasteiger partial charge in [0, 0.05) is 23.2 Å². The lowest BCUT2D eigenvalue weighted by atomic mass is 9.46. The van der Waals surface area contributed by atoms with Gasteiger partial charge in [-0.05, 0) is 69.8 Å². The van der Waals surface area contributed by atoms with Crippen molar-refractivity contribution in [1.82, 2.24) is 0 Å². The van der Waals surface area contributed by atoms with E-state index in [1.807, 2.05) is 6.08 Å². The molecule has 4 aliphatic rings. The SMILES string of the molecule is CC(=O)OC1CCC2C3CC=C4C(C)(C)C(=O)C=CC4(C)C3CCC12C. The van der Waals surface area contributed by atoms with Gasteiger partial charge in [0.1, 0.15) is 6.10 Å². The standard InChI is InChI=1S/C23H32O3/c1-14(24)26-20-9-7-16-15-6-8-18-21(2,3)19(25)11-13-22(18,4)17(15)10-12-23(16,20)5/h8,11,13,15-17,20H,6-7,9-10,12H2,1-5H3. The zero-order chi connectivity index (χ0) is 18.9. The summed E-state index contributed by atoms with van der Waals surface area (Å²) in [5.74, 6) is 1.90. The van der Waals surface area contributed by atoms with Gasteiger partial charge in [-0.2, -0.15) is 0 Å². The molecule has 4 aliphatic carbocycles. The minimum atomic E-state index is -0.384. The summed E-state index contributed by atoms with van der Waals surface area (Å²) in [6, 6.07) is 0. The van der Waals surface area contributed by atoms with Gasteiger partial charge in [0.25, 0.3) is 0 Å². The van der Waals surface area contributed by atoms with Crippen molar-refractivity contribution in [2.45, 2.75) is 72.8 Å². The van der Waals surface area contributed by atoms with Gasteiger partial charge in [-0.3, -0.25) is 9.59 Å². The van der Waals surface area contributed by atoms with E-state index in [1.165, 1.54) is 12.5 Å². The summed E-state index contributed by atoms with van der Waals surface area (Å²) in [6.07, 6.45) is 12.0. The second-order valence-corrected chi connectivity index (χ2v) is 10.1. The largest absolute Gasteiger partial charge is 0.462 e. The Labute approximate surface area is 157 Å². The number of carbonyl (C=O) groups is 2. The van der Waals surface area contributed by atoms with Crippen LogP contribution in [0.1, 0.15) is 66.7 Å². The Balaban J connectivity index is 1.69. The van der Waals surface area contributed by atoms with Crippen molar-refractivity contribution < 1.29 is 14.3 Å². The van der Waals surface area contributed by atoms with Crippen LogP contribution in [0.3, 0.4) is 0 Å². The fraction of sp³-hybridized carbons (Fsp3) is 0.739. The number of allylic oxidation sites excluding steroid dienone is 4. The maximum absolute atomic E-state index is 12.5. The molecule has 26 heavy (non-hydrogen) atoms. The molecule has 6 unspecified atom stereocenters. The molecule has 0 spiro atoms. The number of ether oxygens (including phenoxy) is 1. The molecule has 0 N–H and O–H groups in total. The molecular weight excluding hydrogens is 324 g/mol. The van der Waals surface area contributed by atoms with Crippen molar-refractivity contribution in [3.8, 4) is 0 Å². The van der Waals surface area contributed by atoms with E-state index in [4.69, 9.17) is 4.74 Å². The maximum atomic E-state index is 12.5. The molecule has 0 aromatic carbocycles. The van der Waals surface area contributed by atoms with Crippen LogP contribution >= 0.6 is 0 Å². The Hall–Kier alpha value is -1.38. The Morgan fingerprint density at radius 1 is 1.12 bits per heavy atom. The number of ketones is 1. The highest BCUT2D eigenvalue weighted by Gasteiger charge is 2.60. The summed E-state index contributed by atoms with van der Waals surface area (Å²) in [5.41, 5.74) is 1.04.